The molecule has 4 N–H and O–H groups in total. The number of nitrogens with one attached hydrogen (secondary N) is 2. The van der Waals surface area contributed by atoms with Crippen molar-refractivity contribution in [2.24, 2.45) is 10.7 Å². The van der Waals surface area contributed by atoms with E-state index in [-0.39, 0.29) is 29.9 Å². The molecule has 0 aromatic heterocycles. The van der Waals surface area contributed by atoms with Crippen LogP contribution in [0.4, 0.5) is 0 Å². The Hall–Kier alpha value is -0.530. The van der Waals surface area contributed by atoms with Crippen LogP contribution in [0.1, 0.15) is 51.4 Å². The Balaban J connectivity index is 0.00000180. The summed E-state index contributed by atoms with van der Waals surface area (Å²) in [6, 6.07) is 0.905. The van der Waals surface area contributed by atoms with Crippen molar-refractivity contribution in [2.45, 2.75) is 63.5 Å². The molecule has 2 saturated carbocycles. The maximum atomic E-state index is 11.7. The molecule has 2 rings (SSSR count). The number of hydrogen-bond donors (Lipinski definition) is 3. The summed E-state index contributed by atoms with van der Waals surface area (Å²) in [6.07, 6.45) is 8.82. The minimum Gasteiger partial charge on any atom is -0.370 e. The maximum absolute atomic E-state index is 11.7. The van der Waals surface area contributed by atoms with Crippen LogP contribution in [0.2, 0.25) is 0 Å². The van der Waals surface area contributed by atoms with Gasteiger partial charge in [0.15, 0.2) is 5.96 Å². The summed E-state index contributed by atoms with van der Waals surface area (Å²) >= 11 is 0. The van der Waals surface area contributed by atoms with E-state index in [1.165, 1.54) is 32.1 Å². The third kappa shape index (κ3) is 6.98. The van der Waals surface area contributed by atoms with Crippen molar-refractivity contribution in [3.05, 3.63) is 0 Å². The molecule has 0 radical (unpaired) electrons. The highest BCUT2D eigenvalue weighted by molar-refractivity contribution is 14.0. The highest BCUT2D eigenvalue weighted by atomic mass is 127. The number of carbonyl (C=O) groups excluding carboxylic acids is 1. The van der Waals surface area contributed by atoms with Gasteiger partial charge < -0.3 is 16.4 Å². The molecule has 110 valence electrons. The zero-order valence-corrected chi connectivity index (χ0v) is 13.7. The van der Waals surface area contributed by atoms with Crippen LogP contribution in [-0.4, -0.2) is 30.5 Å². The van der Waals surface area contributed by atoms with Crippen molar-refractivity contribution in [2.75, 3.05) is 6.54 Å². The molecule has 0 bridgehead atoms. The normalized spacial score (nSPS) is 20.5. The van der Waals surface area contributed by atoms with E-state index >= 15 is 0 Å². The Morgan fingerprint density at radius 3 is 2.32 bits per heavy atom. The van der Waals surface area contributed by atoms with E-state index in [0.717, 1.165) is 12.8 Å². The third-order valence-electron chi connectivity index (χ3n) is 3.52. The van der Waals surface area contributed by atoms with Gasteiger partial charge in [-0.2, -0.15) is 0 Å². The quantitative estimate of drug-likeness (QED) is 0.384. The highest BCUT2D eigenvalue weighted by Crippen LogP contribution is 2.18. The summed E-state index contributed by atoms with van der Waals surface area (Å²) in [5.41, 5.74) is 5.69. The van der Waals surface area contributed by atoms with E-state index in [1.54, 1.807) is 0 Å². The van der Waals surface area contributed by atoms with Crippen LogP contribution in [0.3, 0.4) is 0 Å². The van der Waals surface area contributed by atoms with Gasteiger partial charge in [-0.3, -0.25) is 9.79 Å². The van der Waals surface area contributed by atoms with Crippen LogP contribution in [0, 0.1) is 0 Å². The average Bonchev–Trinajstić information content (AvgIpc) is 3.14. The molecule has 0 atom stereocenters. The molecule has 1 amide bonds. The van der Waals surface area contributed by atoms with Crippen molar-refractivity contribution >= 4 is 35.8 Å². The fraction of sp³-hybridized carbons (Fsp3) is 0.846. The largest absolute Gasteiger partial charge is 0.370 e. The molecule has 0 aromatic carbocycles. The van der Waals surface area contributed by atoms with Crippen molar-refractivity contribution in [3.63, 3.8) is 0 Å². The van der Waals surface area contributed by atoms with Gasteiger partial charge in [0.25, 0.3) is 0 Å². The van der Waals surface area contributed by atoms with E-state index in [2.05, 4.69) is 15.6 Å². The molecule has 0 aliphatic heterocycles. The van der Waals surface area contributed by atoms with Gasteiger partial charge in [0, 0.05) is 18.5 Å². The Morgan fingerprint density at radius 1 is 1.05 bits per heavy atom. The molecule has 2 aliphatic carbocycles. The minimum absolute atomic E-state index is 0. The number of rotatable bonds is 5. The molecule has 2 aliphatic rings. The van der Waals surface area contributed by atoms with Crippen molar-refractivity contribution in [1.29, 1.82) is 0 Å². The first-order valence-corrected chi connectivity index (χ1v) is 7.10. The molecule has 0 spiro atoms. The van der Waals surface area contributed by atoms with Crippen molar-refractivity contribution in [1.82, 2.24) is 10.6 Å². The molecular formula is C13H25IN4O. The summed E-state index contributed by atoms with van der Waals surface area (Å²) in [5.74, 6) is 0.577. The Kier molecular flexibility index (Phi) is 7.48. The predicted molar refractivity (Wildman–Crippen MR) is 87.7 cm³/mol. The number of halogens is 1. The number of aliphatic imine (C=N–C) groups is 1. The van der Waals surface area contributed by atoms with Gasteiger partial charge in [0.05, 0.1) is 6.54 Å². The minimum atomic E-state index is 0. The molecule has 0 heterocycles. The number of guanidine groups is 1. The van der Waals surface area contributed by atoms with E-state index in [9.17, 15) is 4.79 Å². The van der Waals surface area contributed by atoms with Crippen molar-refractivity contribution < 1.29 is 4.79 Å². The summed E-state index contributed by atoms with van der Waals surface area (Å²) in [5, 5.41) is 6.18. The van der Waals surface area contributed by atoms with E-state index in [4.69, 9.17) is 5.73 Å². The number of nitrogens with two attached hydrogens (primary N) is 1. The second-order valence-corrected chi connectivity index (χ2v) is 5.34. The number of hydrogen-bond acceptors (Lipinski definition) is 2. The van der Waals surface area contributed by atoms with Gasteiger partial charge in [-0.05, 0) is 25.7 Å². The van der Waals surface area contributed by atoms with Gasteiger partial charge in [-0.25, -0.2) is 0 Å². The lowest BCUT2D eigenvalue weighted by Gasteiger charge is -2.22. The average molecular weight is 380 g/mol. The first-order valence-electron chi connectivity index (χ1n) is 7.10. The molecule has 2 fully saturated rings. The molecule has 6 heteroatoms. The fourth-order valence-corrected chi connectivity index (χ4v) is 2.31. The Labute approximate surface area is 132 Å². The first-order chi connectivity index (χ1) is 8.74. The van der Waals surface area contributed by atoms with Gasteiger partial charge in [-0.1, -0.05) is 19.3 Å². The molecule has 0 saturated heterocycles. The van der Waals surface area contributed by atoms with Gasteiger partial charge >= 0.3 is 0 Å². The topological polar surface area (TPSA) is 79.5 Å². The molecule has 19 heavy (non-hydrogen) atoms. The standard InChI is InChI=1S/C13H24N4O.HI/c14-13(17-11-6-7-11)15-9-8-12(18)16-10-4-2-1-3-5-10;/h10-11H,1-9H2,(H,16,18)(H3,14,15,17);1H. The Morgan fingerprint density at radius 2 is 1.68 bits per heavy atom. The lowest BCUT2D eigenvalue weighted by atomic mass is 9.95. The van der Waals surface area contributed by atoms with Crippen molar-refractivity contribution in [3.8, 4) is 0 Å². The number of carbonyl (C=O) groups is 1. The highest BCUT2D eigenvalue weighted by Gasteiger charge is 2.21. The summed E-state index contributed by atoms with van der Waals surface area (Å²) in [7, 11) is 0. The monoisotopic (exact) mass is 380 g/mol. The van der Waals surface area contributed by atoms with E-state index < -0.39 is 0 Å². The second kappa shape index (κ2) is 8.60. The van der Waals surface area contributed by atoms with Gasteiger partial charge in [-0.15, -0.1) is 24.0 Å². The number of nitrogens with zero attached hydrogens (tertiary/aromatic N) is 1. The van der Waals surface area contributed by atoms with Crippen LogP contribution in [0.25, 0.3) is 0 Å². The lowest BCUT2D eigenvalue weighted by molar-refractivity contribution is -0.121. The summed E-state index contributed by atoms with van der Waals surface area (Å²) in [4.78, 5) is 15.8. The summed E-state index contributed by atoms with van der Waals surface area (Å²) in [6.45, 7) is 0.476. The molecule has 0 aromatic rings. The smallest absolute Gasteiger partial charge is 0.222 e. The molecular weight excluding hydrogens is 355 g/mol. The molecule has 0 unspecified atom stereocenters. The van der Waals surface area contributed by atoms with Crippen LogP contribution in [0.5, 0.6) is 0 Å². The SMILES string of the molecule is I.NC(=NCCC(=O)NC1CCCCC1)NC1CC1. The zero-order valence-electron chi connectivity index (χ0n) is 11.4. The fourth-order valence-electron chi connectivity index (χ4n) is 2.31. The third-order valence-corrected chi connectivity index (χ3v) is 3.52. The predicted octanol–water partition coefficient (Wildman–Crippen LogP) is 1.51. The van der Waals surface area contributed by atoms with Crippen LogP contribution < -0.4 is 16.4 Å². The second-order valence-electron chi connectivity index (χ2n) is 5.34. The lowest BCUT2D eigenvalue weighted by Crippen LogP contribution is -2.37. The first kappa shape index (κ1) is 16.5. The van der Waals surface area contributed by atoms with Crippen LogP contribution in [-0.2, 0) is 4.79 Å². The van der Waals surface area contributed by atoms with Crippen LogP contribution in [0.15, 0.2) is 4.99 Å². The van der Waals surface area contributed by atoms with Gasteiger partial charge in [0.2, 0.25) is 5.91 Å². The summed E-state index contributed by atoms with van der Waals surface area (Å²) < 4.78 is 0. The molecule has 5 nitrogen and oxygen atoms in total. The van der Waals surface area contributed by atoms with Crippen LogP contribution >= 0.6 is 24.0 Å². The van der Waals surface area contributed by atoms with E-state index in [0.29, 0.717) is 31.0 Å². The number of amides is 1. The maximum Gasteiger partial charge on any atom is 0.222 e. The Bertz CT molecular complexity index is 312. The van der Waals surface area contributed by atoms with E-state index in [1.807, 2.05) is 0 Å². The zero-order chi connectivity index (χ0) is 12.8. The van der Waals surface area contributed by atoms with Gasteiger partial charge in [0.1, 0.15) is 0 Å².